The van der Waals surface area contributed by atoms with Crippen molar-refractivity contribution in [1.82, 2.24) is 19.8 Å². The van der Waals surface area contributed by atoms with Gasteiger partial charge in [-0.1, -0.05) is 30.3 Å². The molecule has 0 spiro atoms. The van der Waals surface area contributed by atoms with E-state index >= 15 is 0 Å². The maximum Gasteiger partial charge on any atom is 0.326 e. The number of amides is 1. The Kier molecular flexibility index (Phi) is 8.14. The lowest BCUT2D eigenvalue weighted by atomic mass is 9.98. The minimum absolute atomic E-state index is 0.147. The molecule has 0 atom stereocenters. The summed E-state index contributed by atoms with van der Waals surface area (Å²) in [6, 6.07) is 18.2. The highest BCUT2D eigenvalue weighted by Gasteiger charge is 2.17. The molecule has 0 unspecified atom stereocenters. The molecular weight excluding hydrogens is 412 g/mol. The second kappa shape index (κ2) is 11.7. The maximum atomic E-state index is 12.4. The Labute approximate surface area is 196 Å². The number of unbranched alkanes of at least 4 members (excludes halogenated alkanes) is 1. The molecule has 3 aromatic rings. The van der Waals surface area contributed by atoms with E-state index in [1.165, 1.54) is 23.0 Å². The molecule has 1 saturated heterocycles. The number of nitrogens with one attached hydrogen (secondary N) is 1. The van der Waals surface area contributed by atoms with Crippen molar-refractivity contribution in [1.29, 1.82) is 0 Å². The standard InChI is InChI=1S/C27H34N4O2/c1-30-17-14-23(15-18-30)20-33-25-12-10-24(11-13-25)26-19-31(21-29-26)27(32)28-16-6-5-9-22-7-3-2-4-8-22/h2-4,7-8,10-13,19,21,23H,5-6,9,14-18,20H2,1H3,(H,28,32). The van der Waals surface area contributed by atoms with E-state index in [9.17, 15) is 4.79 Å². The van der Waals surface area contributed by atoms with E-state index in [2.05, 4.69) is 46.5 Å². The Morgan fingerprint density at radius 3 is 2.58 bits per heavy atom. The SMILES string of the molecule is CN1CCC(COc2ccc(-c3cn(C(=O)NCCCCc4ccccc4)cn3)cc2)CC1. The zero-order valence-corrected chi connectivity index (χ0v) is 19.5. The average molecular weight is 447 g/mol. The average Bonchev–Trinajstić information content (AvgIpc) is 3.35. The van der Waals surface area contributed by atoms with E-state index in [-0.39, 0.29) is 6.03 Å². The third-order valence-corrected chi connectivity index (χ3v) is 6.30. The predicted molar refractivity (Wildman–Crippen MR) is 132 cm³/mol. The fourth-order valence-corrected chi connectivity index (χ4v) is 4.13. The van der Waals surface area contributed by atoms with Crippen molar-refractivity contribution < 1.29 is 9.53 Å². The summed E-state index contributed by atoms with van der Waals surface area (Å²) in [6.45, 7) is 3.73. The number of imidazole rings is 1. The number of carbonyl (C=O) groups is 1. The van der Waals surface area contributed by atoms with Gasteiger partial charge in [0.1, 0.15) is 12.1 Å². The van der Waals surface area contributed by atoms with Crippen molar-refractivity contribution in [2.45, 2.75) is 32.1 Å². The minimum Gasteiger partial charge on any atom is -0.493 e. The summed E-state index contributed by atoms with van der Waals surface area (Å²) in [6.07, 6.45) is 8.76. The molecule has 6 nitrogen and oxygen atoms in total. The van der Waals surface area contributed by atoms with Gasteiger partial charge in [-0.2, -0.15) is 0 Å². The van der Waals surface area contributed by atoms with Gasteiger partial charge in [0, 0.05) is 18.3 Å². The summed E-state index contributed by atoms with van der Waals surface area (Å²) >= 11 is 0. The van der Waals surface area contributed by atoms with Gasteiger partial charge < -0.3 is 15.0 Å². The van der Waals surface area contributed by atoms with E-state index in [0.29, 0.717) is 12.5 Å². The van der Waals surface area contributed by atoms with Gasteiger partial charge in [-0.15, -0.1) is 0 Å². The summed E-state index contributed by atoms with van der Waals surface area (Å²) in [7, 11) is 2.17. The molecule has 174 valence electrons. The zero-order chi connectivity index (χ0) is 22.9. The van der Waals surface area contributed by atoms with Crippen molar-refractivity contribution in [3.63, 3.8) is 0 Å². The maximum absolute atomic E-state index is 12.4. The molecule has 33 heavy (non-hydrogen) atoms. The fraction of sp³-hybridized carbons (Fsp3) is 0.407. The number of piperidine rings is 1. The van der Waals surface area contributed by atoms with Crippen molar-refractivity contribution in [3.8, 4) is 17.0 Å². The van der Waals surface area contributed by atoms with Crippen LogP contribution in [0.3, 0.4) is 0 Å². The van der Waals surface area contributed by atoms with Crippen LogP contribution in [0.5, 0.6) is 5.75 Å². The van der Waals surface area contributed by atoms with Crippen LogP contribution in [0, 0.1) is 5.92 Å². The molecule has 2 aromatic carbocycles. The summed E-state index contributed by atoms with van der Waals surface area (Å²) in [5.41, 5.74) is 3.08. The number of aromatic nitrogens is 2. The van der Waals surface area contributed by atoms with Gasteiger partial charge in [0.05, 0.1) is 12.3 Å². The van der Waals surface area contributed by atoms with Crippen LogP contribution in [0.4, 0.5) is 4.79 Å². The van der Waals surface area contributed by atoms with Crippen LogP contribution < -0.4 is 10.1 Å². The van der Waals surface area contributed by atoms with Crippen LogP contribution in [-0.4, -0.2) is 53.8 Å². The van der Waals surface area contributed by atoms with E-state index in [1.807, 2.05) is 30.3 Å². The molecular formula is C27H34N4O2. The van der Waals surface area contributed by atoms with Crippen LogP contribution in [0.2, 0.25) is 0 Å². The number of carbonyl (C=O) groups excluding carboxylic acids is 1. The van der Waals surface area contributed by atoms with E-state index in [1.54, 1.807) is 12.5 Å². The predicted octanol–water partition coefficient (Wildman–Crippen LogP) is 4.85. The number of rotatable bonds is 9. The number of likely N-dealkylation sites (tertiary alicyclic amines) is 1. The number of nitrogens with zero attached hydrogens (tertiary/aromatic N) is 3. The zero-order valence-electron chi connectivity index (χ0n) is 19.5. The van der Waals surface area contributed by atoms with Crippen molar-refractivity contribution in [2.75, 3.05) is 33.3 Å². The Bertz CT molecular complexity index is 992. The number of aryl methyl sites for hydroxylation is 1. The molecule has 1 amide bonds. The van der Waals surface area contributed by atoms with Crippen LogP contribution in [0.1, 0.15) is 31.2 Å². The molecule has 1 aliphatic heterocycles. The second-order valence-electron chi connectivity index (χ2n) is 8.92. The molecule has 0 bridgehead atoms. The van der Waals surface area contributed by atoms with Crippen LogP contribution in [0.25, 0.3) is 11.3 Å². The molecule has 1 aromatic heterocycles. The highest BCUT2D eigenvalue weighted by Crippen LogP contribution is 2.23. The Hall–Kier alpha value is -3.12. The van der Waals surface area contributed by atoms with Gasteiger partial charge in [-0.3, -0.25) is 4.57 Å². The highest BCUT2D eigenvalue weighted by molar-refractivity contribution is 5.77. The monoisotopic (exact) mass is 446 g/mol. The van der Waals surface area contributed by atoms with Crippen molar-refractivity contribution in [3.05, 3.63) is 72.7 Å². The molecule has 6 heteroatoms. The smallest absolute Gasteiger partial charge is 0.326 e. The summed E-state index contributed by atoms with van der Waals surface area (Å²) in [4.78, 5) is 19.2. The Morgan fingerprint density at radius 1 is 1.06 bits per heavy atom. The number of hydrogen-bond donors (Lipinski definition) is 1. The van der Waals surface area contributed by atoms with Gasteiger partial charge in [0.15, 0.2) is 0 Å². The van der Waals surface area contributed by atoms with E-state index in [4.69, 9.17) is 4.74 Å². The van der Waals surface area contributed by atoms with Gasteiger partial charge in [-0.25, -0.2) is 9.78 Å². The number of benzene rings is 2. The van der Waals surface area contributed by atoms with Gasteiger partial charge in [0.2, 0.25) is 0 Å². The van der Waals surface area contributed by atoms with Crippen molar-refractivity contribution in [2.24, 2.45) is 5.92 Å². The highest BCUT2D eigenvalue weighted by atomic mass is 16.5. The molecule has 0 saturated carbocycles. The number of hydrogen-bond acceptors (Lipinski definition) is 4. The first-order chi connectivity index (χ1) is 16.2. The molecule has 1 fully saturated rings. The quantitative estimate of drug-likeness (QED) is 0.477. The molecule has 1 aliphatic rings. The summed E-state index contributed by atoms with van der Waals surface area (Å²) < 4.78 is 7.51. The summed E-state index contributed by atoms with van der Waals surface area (Å²) in [5.74, 6) is 1.51. The molecule has 0 aliphatic carbocycles. The lowest BCUT2D eigenvalue weighted by Gasteiger charge is -2.28. The van der Waals surface area contributed by atoms with Gasteiger partial charge in [-0.05, 0) is 88.0 Å². The van der Waals surface area contributed by atoms with Crippen molar-refractivity contribution >= 4 is 6.03 Å². The largest absolute Gasteiger partial charge is 0.493 e. The molecule has 4 rings (SSSR count). The normalized spacial score (nSPS) is 14.8. The first-order valence-corrected chi connectivity index (χ1v) is 12.0. The Balaban J connectivity index is 1.20. The van der Waals surface area contributed by atoms with Gasteiger partial charge in [0.25, 0.3) is 0 Å². The first kappa shape index (κ1) is 23.1. The molecule has 0 radical (unpaired) electrons. The fourth-order valence-electron chi connectivity index (χ4n) is 4.13. The lowest BCUT2D eigenvalue weighted by molar-refractivity contribution is 0.160. The molecule has 2 heterocycles. The summed E-state index contributed by atoms with van der Waals surface area (Å²) in [5, 5.41) is 2.97. The van der Waals surface area contributed by atoms with Crippen LogP contribution in [0.15, 0.2) is 67.1 Å². The third-order valence-electron chi connectivity index (χ3n) is 6.30. The Morgan fingerprint density at radius 2 is 1.82 bits per heavy atom. The lowest BCUT2D eigenvalue weighted by Crippen LogP contribution is -2.32. The number of ether oxygens (including phenoxy) is 1. The minimum atomic E-state index is -0.147. The van der Waals surface area contributed by atoms with Gasteiger partial charge >= 0.3 is 6.03 Å². The first-order valence-electron chi connectivity index (χ1n) is 12.0. The topological polar surface area (TPSA) is 59.4 Å². The van der Waals surface area contributed by atoms with Crippen LogP contribution in [-0.2, 0) is 6.42 Å². The van der Waals surface area contributed by atoms with E-state index < -0.39 is 0 Å². The molecule has 1 N–H and O–H groups in total. The van der Waals surface area contributed by atoms with Crippen LogP contribution >= 0.6 is 0 Å². The van der Waals surface area contributed by atoms with E-state index in [0.717, 1.165) is 56.0 Å². The second-order valence-corrected chi connectivity index (χ2v) is 8.92. The third kappa shape index (κ3) is 6.93.